The third kappa shape index (κ3) is 2.86. The van der Waals surface area contributed by atoms with Gasteiger partial charge in [-0.3, -0.25) is 19.3 Å². The van der Waals surface area contributed by atoms with Gasteiger partial charge >= 0.3 is 5.97 Å². The summed E-state index contributed by atoms with van der Waals surface area (Å²) in [5.41, 5.74) is 0. The molecule has 2 aliphatic carbocycles. The summed E-state index contributed by atoms with van der Waals surface area (Å²) in [6.45, 7) is 4.52. The van der Waals surface area contributed by atoms with Crippen molar-refractivity contribution in [3.8, 4) is 0 Å². The number of hydrogen-bond acceptors (Lipinski definition) is 3. The summed E-state index contributed by atoms with van der Waals surface area (Å²) in [5, 5.41) is 9.44. The molecule has 1 saturated heterocycles. The third-order valence-electron chi connectivity index (χ3n) is 6.59. The number of carboxylic acids is 1. The number of carbonyl (C=O) groups is 3. The molecule has 1 aliphatic heterocycles. The molecule has 3 rings (SSSR count). The number of imide groups is 1. The fourth-order valence-corrected chi connectivity index (χ4v) is 5.47. The number of rotatable bonds is 5. The molecule has 0 bridgehead atoms. The molecule has 5 nitrogen and oxygen atoms in total. The summed E-state index contributed by atoms with van der Waals surface area (Å²) in [6.07, 6.45) is 6.39. The number of carbonyl (C=O) groups excluding carboxylic acids is 2. The van der Waals surface area contributed by atoms with E-state index in [0.29, 0.717) is 18.9 Å². The molecule has 2 saturated carbocycles. The summed E-state index contributed by atoms with van der Waals surface area (Å²) in [4.78, 5) is 38.7. The van der Waals surface area contributed by atoms with E-state index in [1.165, 1.54) is 4.90 Å². The predicted octanol–water partition coefficient (Wildman–Crippen LogP) is 2.93. The highest BCUT2D eigenvalue weighted by molar-refractivity contribution is 6.05. The number of amides is 2. The van der Waals surface area contributed by atoms with Gasteiger partial charge in [0.15, 0.2) is 0 Å². The van der Waals surface area contributed by atoms with Crippen molar-refractivity contribution in [2.75, 3.05) is 6.54 Å². The minimum Gasteiger partial charge on any atom is -0.481 e. The molecular weight excluding hydrogens is 306 g/mol. The summed E-state index contributed by atoms with van der Waals surface area (Å²) < 4.78 is 0. The Hall–Kier alpha value is -1.39. The van der Waals surface area contributed by atoms with Crippen LogP contribution in [0, 0.1) is 35.5 Å². The van der Waals surface area contributed by atoms with Crippen LogP contribution in [-0.4, -0.2) is 34.3 Å². The quantitative estimate of drug-likeness (QED) is 0.784. The molecule has 0 spiro atoms. The minimum absolute atomic E-state index is 0.0255. The van der Waals surface area contributed by atoms with Crippen molar-refractivity contribution in [3.63, 3.8) is 0 Å². The molecule has 0 aromatic carbocycles. The molecule has 134 valence electrons. The van der Waals surface area contributed by atoms with E-state index in [9.17, 15) is 19.5 Å². The second kappa shape index (κ2) is 6.85. The lowest BCUT2D eigenvalue weighted by atomic mass is 9.79. The highest BCUT2D eigenvalue weighted by Gasteiger charge is 2.57. The molecule has 2 amide bonds. The van der Waals surface area contributed by atoms with Crippen molar-refractivity contribution >= 4 is 17.8 Å². The van der Waals surface area contributed by atoms with E-state index >= 15 is 0 Å². The summed E-state index contributed by atoms with van der Waals surface area (Å²) >= 11 is 0. The van der Waals surface area contributed by atoms with Crippen LogP contribution < -0.4 is 0 Å². The van der Waals surface area contributed by atoms with Gasteiger partial charge in [0.1, 0.15) is 0 Å². The molecule has 3 fully saturated rings. The van der Waals surface area contributed by atoms with Crippen LogP contribution in [0.2, 0.25) is 0 Å². The second-order valence-corrected chi connectivity index (χ2v) is 8.09. The smallest absolute Gasteiger partial charge is 0.306 e. The first-order chi connectivity index (χ1) is 11.5. The van der Waals surface area contributed by atoms with Crippen LogP contribution >= 0.6 is 0 Å². The largest absolute Gasteiger partial charge is 0.481 e. The van der Waals surface area contributed by atoms with Crippen LogP contribution in [0.3, 0.4) is 0 Å². The Morgan fingerprint density at radius 3 is 2.46 bits per heavy atom. The van der Waals surface area contributed by atoms with Crippen LogP contribution in [0.15, 0.2) is 0 Å². The molecule has 1 N–H and O–H groups in total. The van der Waals surface area contributed by atoms with Crippen molar-refractivity contribution in [2.24, 2.45) is 35.5 Å². The Bertz CT molecular complexity index is 531. The Kier molecular flexibility index (Phi) is 4.97. The van der Waals surface area contributed by atoms with Gasteiger partial charge in [-0.25, -0.2) is 0 Å². The van der Waals surface area contributed by atoms with Gasteiger partial charge in [-0.2, -0.15) is 0 Å². The first-order valence-electron chi connectivity index (χ1n) is 9.53. The average Bonchev–Trinajstić information content (AvgIpc) is 2.99. The Morgan fingerprint density at radius 1 is 1.12 bits per heavy atom. The maximum Gasteiger partial charge on any atom is 0.306 e. The lowest BCUT2D eigenvalue weighted by Gasteiger charge is -2.31. The van der Waals surface area contributed by atoms with E-state index in [1.807, 2.05) is 0 Å². The van der Waals surface area contributed by atoms with E-state index in [1.54, 1.807) is 0 Å². The lowest BCUT2D eigenvalue weighted by molar-refractivity contribution is -0.149. The fraction of sp³-hybridized carbons (Fsp3) is 0.842. The topological polar surface area (TPSA) is 74.7 Å². The molecule has 5 heteroatoms. The lowest BCUT2D eigenvalue weighted by Crippen LogP contribution is -2.41. The van der Waals surface area contributed by atoms with Gasteiger partial charge in [-0.15, -0.1) is 0 Å². The van der Waals surface area contributed by atoms with Gasteiger partial charge in [0.2, 0.25) is 11.8 Å². The fourth-order valence-electron chi connectivity index (χ4n) is 5.47. The van der Waals surface area contributed by atoms with Gasteiger partial charge in [0, 0.05) is 6.54 Å². The van der Waals surface area contributed by atoms with Crippen molar-refractivity contribution in [1.82, 2.24) is 4.90 Å². The van der Waals surface area contributed by atoms with Crippen LogP contribution in [-0.2, 0) is 14.4 Å². The second-order valence-electron chi connectivity index (χ2n) is 8.09. The van der Waals surface area contributed by atoms with Gasteiger partial charge in [0.05, 0.1) is 17.8 Å². The van der Waals surface area contributed by atoms with Gasteiger partial charge in [-0.05, 0) is 43.4 Å². The zero-order valence-electron chi connectivity index (χ0n) is 14.7. The standard InChI is InChI=1S/C19H29NO4/c1-3-6-12-9-11(2)15-16(12)18(22)20(17(15)21)10-13-7-4-5-8-14(13)19(23)24/h11-16H,3-10H2,1-2H3,(H,23,24)/t11-,12+,13?,14?,15?,16?/m0/s1. The zero-order valence-corrected chi connectivity index (χ0v) is 14.7. The SMILES string of the molecule is CCC[C@@H]1C[C@H](C)C2C(=O)N(CC3CCCCC3C(=O)O)C(=O)C21. The van der Waals surface area contributed by atoms with Crippen LogP contribution in [0.25, 0.3) is 0 Å². The van der Waals surface area contributed by atoms with Crippen molar-refractivity contribution in [3.05, 3.63) is 0 Å². The maximum atomic E-state index is 12.9. The molecule has 0 aromatic heterocycles. The van der Waals surface area contributed by atoms with Gasteiger partial charge < -0.3 is 5.11 Å². The molecule has 3 aliphatic rings. The van der Waals surface area contributed by atoms with Crippen molar-refractivity contribution in [1.29, 1.82) is 0 Å². The summed E-state index contributed by atoms with van der Waals surface area (Å²) in [7, 11) is 0. The van der Waals surface area contributed by atoms with E-state index in [4.69, 9.17) is 0 Å². The number of aliphatic carboxylic acids is 1. The first-order valence-corrected chi connectivity index (χ1v) is 9.53. The molecule has 1 heterocycles. The average molecular weight is 335 g/mol. The minimum atomic E-state index is -0.781. The highest BCUT2D eigenvalue weighted by atomic mass is 16.4. The summed E-state index contributed by atoms with van der Waals surface area (Å²) in [5.74, 6) is -1.08. The van der Waals surface area contributed by atoms with E-state index in [2.05, 4.69) is 13.8 Å². The maximum absolute atomic E-state index is 12.9. The van der Waals surface area contributed by atoms with Gasteiger partial charge in [-0.1, -0.05) is 33.1 Å². The molecule has 0 aromatic rings. The normalized spacial score (nSPS) is 39.3. The van der Waals surface area contributed by atoms with E-state index in [-0.39, 0.29) is 35.5 Å². The van der Waals surface area contributed by atoms with E-state index in [0.717, 1.165) is 38.5 Å². The predicted molar refractivity (Wildman–Crippen MR) is 89.0 cm³/mol. The summed E-state index contributed by atoms with van der Waals surface area (Å²) in [6, 6.07) is 0. The Labute approximate surface area is 143 Å². The van der Waals surface area contributed by atoms with Crippen LogP contribution in [0.1, 0.15) is 58.8 Å². The third-order valence-corrected chi connectivity index (χ3v) is 6.59. The number of carboxylic acid groups (broad SMARTS) is 1. The van der Waals surface area contributed by atoms with Crippen molar-refractivity contribution in [2.45, 2.75) is 58.8 Å². The molecule has 6 atom stereocenters. The van der Waals surface area contributed by atoms with Gasteiger partial charge in [0.25, 0.3) is 0 Å². The number of nitrogens with zero attached hydrogens (tertiary/aromatic N) is 1. The van der Waals surface area contributed by atoms with Crippen LogP contribution in [0.5, 0.6) is 0 Å². The molecular formula is C19H29NO4. The van der Waals surface area contributed by atoms with Crippen molar-refractivity contribution < 1.29 is 19.5 Å². The number of fused-ring (bicyclic) bond motifs is 1. The highest BCUT2D eigenvalue weighted by Crippen LogP contribution is 2.49. The number of hydrogen-bond donors (Lipinski definition) is 1. The Balaban J connectivity index is 1.76. The Morgan fingerprint density at radius 2 is 1.79 bits per heavy atom. The zero-order chi connectivity index (χ0) is 17.4. The first kappa shape index (κ1) is 17.4. The molecule has 24 heavy (non-hydrogen) atoms. The molecule has 0 radical (unpaired) electrons. The number of likely N-dealkylation sites (tertiary alicyclic amines) is 1. The monoisotopic (exact) mass is 335 g/mol. The van der Waals surface area contributed by atoms with Crippen LogP contribution in [0.4, 0.5) is 0 Å². The molecule has 4 unspecified atom stereocenters. The van der Waals surface area contributed by atoms with E-state index < -0.39 is 11.9 Å².